The van der Waals surface area contributed by atoms with Crippen molar-refractivity contribution in [3.05, 3.63) is 29.3 Å². The molecule has 0 saturated carbocycles. The molecule has 112 valence electrons. The van der Waals surface area contributed by atoms with Crippen LogP contribution in [0.3, 0.4) is 0 Å². The molecule has 9 heteroatoms. The summed E-state index contributed by atoms with van der Waals surface area (Å²) in [6, 6.07) is 1.05. The third-order valence-corrected chi connectivity index (χ3v) is 2.03. The summed E-state index contributed by atoms with van der Waals surface area (Å²) in [6.07, 6.45) is -9.95. The van der Waals surface area contributed by atoms with Gasteiger partial charge in [0.1, 0.15) is 11.3 Å². The molecule has 0 aliphatic carbocycles. The minimum atomic E-state index is -5.14. The summed E-state index contributed by atoms with van der Waals surface area (Å²) in [5.41, 5.74) is -2.23. The fraction of sp³-hybridized carbons (Fsp3) is 0.364. The number of benzene rings is 1. The van der Waals surface area contributed by atoms with E-state index in [-0.39, 0.29) is 12.7 Å². The fourth-order valence-electron chi connectivity index (χ4n) is 1.29. The van der Waals surface area contributed by atoms with Crippen molar-refractivity contribution < 1.29 is 40.6 Å². The zero-order valence-electron chi connectivity index (χ0n) is 9.93. The Bertz CT molecular complexity index is 492. The maximum atomic E-state index is 12.5. The number of rotatable bonds is 3. The van der Waals surface area contributed by atoms with E-state index in [1.807, 2.05) is 0 Å². The van der Waals surface area contributed by atoms with Crippen LogP contribution in [-0.4, -0.2) is 18.9 Å². The molecule has 0 amide bonds. The first-order chi connectivity index (χ1) is 9.04. The Morgan fingerprint density at radius 2 is 1.75 bits per heavy atom. The lowest BCUT2D eigenvalue weighted by atomic mass is 10.1. The van der Waals surface area contributed by atoms with Crippen LogP contribution in [0.1, 0.15) is 22.8 Å². The Morgan fingerprint density at radius 1 is 1.15 bits per heavy atom. The molecular weight excluding hydrogens is 294 g/mol. The van der Waals surface area contributed by atoms with Crippen molar-refractivity contribution in [1.29, 1.82) is 0 Å². The Hall–Kier alpha value is -1.93. The summed E-state index contributed by atoms with van der Waals surface area (Å²) in [4.78, 5) is 11.4. The van der Waals surface area contributed by atoms with Crippen LogP contribution in [0.15, 0.2) is 18.2 Å². The number of ether oxygens (including phenoxy) is 2. The van der Waals surface area contributed by atoms with Gasteiger partial charge < -0.3 is 9.47 Å². The van der Waals surface area contributed by atoms with Gasteiger partial charge in [-0.3, -0.25) is 0 Å². The Morgan fingerprint density at radius 3 is 2.20 bits per heavy atom. The molecule has 0 unspecified atom stereocenters. The molecule has 0 bridgehead atoms. The largest absolute Gasteiger partial charge is 0.573 e. The third kappa shape index (κ3) is 4.32. The first-order valence-corrected chi connectivity index (χ1v) is 5.18. The van der Waals surface area contributed by atoms with E-state index in [0.717, 1.165) is 0 Å². The number of carbonyl (C=O) groups is 1. The summed E-state index contributed by atoms with van der Waals surface area (Å²) in [7, 11) is 0. The zero-order valence-corrected chi connectivity index (χ0v) is 9.93. The SMILES string of the molecule is CCOC(=O)c1cc(C(F)(F)F)ccc1OC(F)(F)F. The summed E-state index contributed by atoms with van der Waals surface area (Å²) in [5, 5.41) is 0. The van der Waals surface area contributed by atoms with Crippen molar-refractivity contribution in [3.8, 4) is 5.75 Å². The molecule has 0 radical (unpaired) electrons. The van der Waals surface area contributed by atoms with E-state index in [4.69, 9.17) is 0 Å². The standard InChI is InChI=1S/C11H8F6O3/c1-2-19-9(18)7-5-6(10(12,13)14)3-4-8(7)20-11(15,16)17/h3-5H,2H2,1H3. The average Bonchev–Trinajstić information content (AvgIpc) is 2.26. The van der Waals surface area contributed by atoms with E-state index >= 15 is 0 Å². The van der Waals surface area contributed by atoms with Gasteiger partial charge in [0, 0.05) is 0 Å². The van der Waals surface area contributed by atoms with Gasteiger partial charge in [0.2, 0.25) is 0 Å². The van der Waals surface area contributed by atoms with Crippen LogP contribution < -0.4 is 4.74 Å². The fourth-order valence-corrected chi connectivity index (χ4v) is 1.29. The molecule has 3 nitrogen and oxygen atoms in total. The van der Waals surface area contributed by atoms with E-state index in [9.17, 15) is 31.1 Å². The average molecular weight is 302 g/mol. The van der Waals surface area contributed by atoms with Crippen molar-refractivity contribution in [2.24, 2.45) is 0 Å². The van der Waals surface area contributed by atoms with Crippen LogP contribution in [0.2, 0.25) is 0 Å². The molecule has 0 aliphatic rings. The van der Waals surface area contributed by atoms with Crippen molar-refractivity contribution in [1.82, 2.24) is 0 Å². The first-order valence-electron chi connectivity index (χ1n) is 5.18. The molecule has 1 rings (SSSR count). The van der Waals surface area contributed by atoms with Gasteiger partial charge in [-0.05, 0) is 25.1 Å². The smallest absolute Gasteiger partial charge is 0.462 e. The molecule has 0 N–H and O–H groups in total. The highest BCUT2D eigenvalue weighted by molar-refractivity contribution is 5.92. The summed E-state index contributed by atoms with van der Waals surface area (Å²) < 4.78 is 81.6. The normalized spacial score (nSPS) is 12.2. The van der Waals surface area contributed by atoms with Crippen molar-refractivity contribution >= 4 is 5.97 Å². The van der Waals surface area contributed by atoms with Crippen LogP contribution in [0.4, 0.5) is 26.3 Å². The van der Waals surface area contributed by atoms with Crippen LogP contribution in [-0.2, 0) is 10.9 Å². The lowest BCUT2D eigenvalue weighted by Gasteiger charge is -2.14. The lowest BCUT2D eigenvalue weighted by molar-refractivity contribution is -0.274. The van der Waals surface area contributed by atoms with Gasteiger partial charge in [-0.2, -0.15) is 13.2 Å². The van der Waals surface area contributed by atoms with Gasteiger partial charge in [-0.15, -0.1) is 13.2 Å². The maximum absolute atomic E-state index is 12.5. The molecule has 0 spiro atoms. The molecule has 0 fully saturated rings. The maximum Gasteiger partial charge on any atom is 0.573 e. The lowest BCUT2D eigenvalue weighted by Crippen LogP contribution is -2.20. The highest BCUT2D eigenvalue weighted by Gasteiger charge is 2.36. The summed E-state index contributed by atoms with van der Waals surface area (Å²) in [5.74, 6) is -2.39. The second-order valence-corrected chi connectivity index (χ2v) is 3.48. The topological polar surface area (TPSA) is 35.5 Å². The molecule has 0 heterocycles. The number of esters is 1. The van der Waals surface area contributed by atoms with E-state index < -0.39 is 35.4 Å². The highest BCUT2D eigenvalue weighted by atomic mass is 19.4. The number of hydrogen-bond donors (Lipinski definition) is 0. The Balaban J connectivity index is 3.27. The van der Waals surface area contributed by atoms with E-state index in [2.05, 4.69) is 9.47 Å². The minimum absolute atomic E-state index is 0.208. The molecule has 0 saturated heterocycles. The third-order valence-electron chi connectivity index (χ3n) is 2.03. The predicted octanol–water partition coefficient (Wildman–Crippen LogP) is 3.78. The Labute approximate surface area is 109 Å². The minimum Gasteiger partial charge on any atom is -0.462 e. The Kier molecular flexibility index (Phi) is 4.51. The van der Waals surface area contributed by atoms with Gasteiger partial charge in [0.25, 0.3) is 0 Å². The van der Waals surface area contributed by atoms with Crippen LogP contribution in [0.5, 0.6) is 5.75 Å². The number of carbonyl (C=O) groups excluding carboxylic acids is 1. The number of halogens is 6. The first kappa shape index (κ1) is 16.1. The predicted molar refractivity (Wildman–Crippen MR) is 54.1 cm³/mol. The molecule has 1 aromatic carbocycles. The van der Waals surface area contributed by atoms with E-state index in [1.165, 1.54) is 6.92 Å². The molecule has 1 aromatic rings. The van der Waals surface area contributed by atoms with Gasteiger partial charge in [0.15, 0.2) is 0 Å². The van der Waals surface area contributed by atoms with Crippen molar-refractivity contribution in [3.63, 3.8) is 0 Å². The van der Waals surface area contributed by atoms with Gasteiger partial charge in [0.05, 0.1) is 12.2 Å². The number of alkyl halides is 6. The van der Waals surface area contributed by atoms with Gasteiger partial charge in [-0.25, -0.2) is 4.79 Å². The highest BCUT2D eigenvalue weighted by Crippen LogP contribution is 2.34. The molecular formula is C11H8F6O3. The quantitative estimate of drug-likeness (QED) is 0.629. The van der Waals surface area contributed by atoms with E-state index in [1.54, 1.807) is 0 Å². The van der Waals surface area contributed by atoms with E-state index in [0.29, 0.717) is 12.1 Å². The molecule has 0 aromatic heterocycles. The van der Waals surface area contributed by atoms with Crippen LogP contribution in [0, 0.1) is 0 Å². The van der Waals surface area contributed by atoms with Crippen molar-refractivity contribution in [2.45, 2.75) is 19.5 Å². The summed E-state index contributed by atoms with van der Waals surface area (Å²) in [6.45, 7) is 1.15. The molecule has 0 aliphatic heterocycles. The van der Waals surface area contributed by atoms with Crippen LogP contribution in [0.25, 0.3) is 0 Å². The second kappa shape index (κ2) is 5.59. The molecule has 0 atom stereocenters. The van der Waals surface area contributed by atoms with Gasteiger partial charge in [-0.1, -0.05) is 0 Å². The second-order valence-electron chi connectivity index (χ2n) is 3.48. The van der Waals surface area contributed by atoms with Crippen LogP contribution >= 0.6 is 0 Å². The zero-order chi connectivity index (χ0) is 15.6. The molecule has 20 heavy (non-hydrogen) atoms. The monoisotopic (exact) mass is 302 g/mol. The summed E-state index contributed by atoms with van der Waals surface area (Å²) >= 11 is 0. The number of hydrogen-bond acceptors (Lipinski definition) is 3. The van der Waals surface area contributed by atoms with Gasteiger partial charge >= 0.3 is 18.5 Å². The van der Waals surface area contributed by atoms with Crippen molar-refractivity contribution in [2.75, 3.05) is 6.61 Å².